The molecule has 0 saturated carbocycles. The second kappa shape index (κ2) is 7.25. The van der Waals surface area contributed by atoms with Crippen LogP contribution >= 0.6 is 11.8 Å². The lowest BCUT2D eigenvalue weighted by molar-refractivity contribution is -0.134. The van der Waals surface area contributed by atoms with Crippen LogP contribution in [0.4, 0.5) is 0 Å². The smallest absolute Gasteiger partial charge is 0.313 e. The average molecular weight is 274 g/mol. The number of carbonyl (C=O) groups excluding carboxylic acids is 2. The Hall–Kier alpha value is -1.24. The van der Waals surface area contributed by atoms with E-state index in [4.69, 9.17) is 5.11 Å². The number of amides is 2. The second-order valence-corrected chi connectivity index (χ2v) is 5.17. The Balaban J connectivity index is 2.38. The zero-order chi connectivity index (χ0) is 13.5. The molecule has 7 heteroatoms. The van der Waals surface area contributed by atoms with E-state index in [0.29, 0.717) is 13.1 Å². The van der Waals surface area contributed by atoms with E-state index in [1.807, 2.05) is 0 Å². The van der Waals surface area contributed by atoms with Crippen molar-refractivity contribution in [3.63, 3.8) is 0 Å². The van der Waals surface area contributed by atoms with E-state index in [1.54, 1.807) is 11.9 Å². The van der Waals surface area contributed by atoms with Gasteiger partial charge < -0.3 is 15.3 Å². The van der Waals surface area contributed by atoms with E-state index in [1.165, 1.54) is 0 Å². The maximum Gasteiger partial charge on any atom is 0.313 e. The van der Waals surface area contributed by atoms with Crippen molar-refractivity contribution in [3.8, 4) is 0 Å². The highest BCUT2D eigenvalue weighted by Gasteiger charge is 2.27. The van der Waals surface area contributed by atoms with Crippen LogP contribution in [0.3, 0.4) is 0 Å². The van der Waals surface area contributed by atoms with Gasteiger partial charge in [0.05, 0.1) is 17.4 Å². The maximum absolute atomic E-state index is 11.8. The summed E-state index contributed by atoms with van der Waals surface area (Å²) in [5.41, 5.74) is 0. The third-order valence-corrected chi connectivity index (χ3v) is 3.74. The van der Waals surface area contributed by atoms with Gasteiger partial charge in [-0.25, -0.2) is 0 Å². The molecule has 1 fully saturated rings. The van der Waals surface area contributed by atoms with Crippen LogP contribution in [-0.4, -0.2) is 59.4 Å². The summed E-state index contributed by atoms with van der Waals surface area (Å²) in [6.07, 6.45) is 1.61. The zero-order valence-corrected chi connectivity index (χ0v) is 11.2. The van der Waals surface area contributed by atoms with E-state index in [2.05, 4.69) is 5.32 Å². The molecule has 0 aliphatic carbocycles. The van der Waals surface area contributed by atoms with Gasteiger partial charge in [-0.2, -0.15) is 0 Å². The Morgan fingerprint density at radius 1 is 1.39 bits per heavy atom. The van der Waals surface area contributed by atoms with Gasteiger partial charge in [-0.3, -0.25) is 14.4 Å². The molecule has 1 aliphatic heterocycles. The van der Waals surface area contributed by atoms with E-state index in [9.17, 15) is 14.4 Å². The van der Waals surface area contributed by atoms with Crippen molar-refractivity contribution in [2.24, 2.45) is 5.92 Å². The molecule has 1 aliphatic rings. The average Bonchev–Trinajstić information content (AvgIpc) is 2.37. The maximum atomic E-state index is 11.8. The van der Waals surface area contributed by atoms with Gasteiger partial charge in [-0.05, 0) is 12.8 Å². The third kappa shape index (κ3) is 4.56. The minimum atomic E-state index is -0.922. The van der Waals surface area contributed by atoms with Crippen molar-refractivity contribution < 1.29 is 19.5 Å². The quantitative estimate of drug-likeness (QED) is 0.724. The summed E-state index contributed by atoms with van der Waals surface area (Å²) >= 11 is 1.09. The van der Waals surface area contributed by atoms with Crippen LogP contribution in [-0.2, 0) is 14.4 Å². The van der Waals surface area contributed by atoms with Gasteiger partial charge in [0.1, 0.15) is 0 Å². The van der Waals surface area contributed by atoms with Gasteiger partial charge in [-0.15, -0.1) is 11.8 Å². The standard InChI is InChI=1S/C11H18N2O4S/c1-12-11(17)8-3-2-4-13(5-8)9(14)6-18-7-10(15)16/h8H,2-7H2,1H3,(H,12,17)(H,15,16). The minimum Gasteiger partial charge on any atom is -0.481 e. The Bertz CT molecular complexity index is 335. The Labute approximate surface area is 110 Å². The van der Waals surface area contributed by atoms with Gasteiger partial charge >= 0.3 is 5.97 Å². The van der Waals surface area contributed by atoms with Crippen LogP contribution in [0.25, 0.3) is 0 Å². The van der Waals surface area contributed by atoms with Gasteiger partial charge in [0.2, 0.25) is 11.8 Å². The molecule has 1 atom stereocenters. The SMILES string of the molecule is CNC(=O)C1CCCN(C(=O)CSCC(=O)O)C1. The molecular formula is C11H18N2O4S. The van der Waals surface area contributed by atoms with Crippen LogP contribution < -0.4 is 5.32 Å². The van der Waals surface area contributed by atoms with E-state index in [0.717, 1.165) is 24.6 Å². The van der Waals surface area contributed by atoms with Crippen molar-refractivity contribution in [3.05, 3.63) is 0 Å². The summed E-state index contributed by atoms with van der Waals surface area (Å²) in [7, 11) is 1.59. The number of nitrogens with zero attached hydrogens (tertiary/aromatic N) is 1. The number of nitrogens with one attached hydrogen (secondary N) is 1. The highest BCUT2D eigenvalue weighted by molar-refractivity contribution is 8.00. The van der Waals surface area contributed by atoms with Crippen molar-refractivity contribution in [1.82, 2.24) is 10.2 Å². The molecule has 0 radical (unpaired) electrons. The van der Waals surface area contributed by atoms with Crippen LogP contribution in [0.5, 0.6) is 0 Å². The van der Waals surface area contributed by atoms with Crippen LogP contribution in [0.15, 0.2) is 0 Å². The molecule has 2 amide bonds. The first-order valence-electron chi connectivity index (χ1n) is 5.83. The van der Waals surface area contributed by atoms with Crippen LogP contribution in [0.1, 0.15) is 12.8 Å². The van der Waals surface area contributed by atoms with Crippen LogP contribution in [0, 0.1) is 5.92 Å². The first-order valence-corrected chi connectivity index (χ1v) is 6.99. The molecule has 2 N–H and O–H groups in total. The molecule has 6 nitrogen and oxygen atoms in total. The summed E-state index contributed by atoms with van der Waals surface area (Å²) < 4.78 is 0. The lowest BCUT2D eigenvalue weighted by Crippen LogP contribution is -2.45. The van der Waals surface area contributed by atoms with Gasteiger partial charge in [0.15, 0.2) is 0 Å². The molecule has 1 saturated heterocycles. The number of carboxylic acid groups (broad SMARTS) is 1. The van der Waals surface area contributed by atoms with Crippen molar-refractivity contribution >= 4 is 29.5 Å². The van der Waals surface area contributed by atoms with Gasteiger partial charge in [0.25, 0.3) is 0 Å². The number of thioether (sulfide) groups is 1. The third-order valence-electron chi connectivity index (χ3n) is 2.84. The first-order chi connectivity index (χ1) is 8.54. The molecule has 102 valence electrons. The molecule has 1 rings (SSSR count). The number of hydrogen-bond donors (Lipinski definition) is 2. The summed E-state index contributed by atoms with van der Waals surface area (Å²) in [6.45, 7) is 1.09. The number of likely N-dealkylation sites (tertiary alicyclic amines) is 1. The Kier molecular flexibility index (Phi) is 5.97. The number of hydrogen-bond acceptors (Lipinski definition) is 4. The number of rotatable bonds is 5. The summed E-state index contributed by atoms with van der Waals surface area (Å²) in [5, 5.41) is 11.1. The fourth-order valence-electron chi connectivity index (χ4n) is 1.94. The van der Waals surface area contributed by atoms with E-state index < -0.39 is 5.97 Å². The van der Waals surface area contributed by atoms with Crippen molar-refractivity contribution in [2.45, 2.75) is 12.8 Å². The highest BCUT2D eigenvalue weighted by Crippen LogP contribution is 2.17. The molecule has 0 bridgehead atoms. The van der Waals surface area contributed by atoms with Crippen molar-refractivity contribution in [2.75, 3.05) is 31.6 Å². The molecule has 18 heavy (non-hydrogen) atoms. The predicted molar refractivity (Wildman–Crippen MR) is 68.3 cm³/mol. The molecule has 0 spiro atoms. The number of carbonyl (C=O) groups is 3. The monoisotopic (exact) mass is 274 g/mol. The second-order valence-electron chi connectivity index (χ2n) is 4.18. The molecule has 0 aromatic rings. The Morgan fingerprint density at radius 2 is 2.11 bits per heavy atom. The summed E-state index contributed by atoms with van der Waals surface area (Å²) in [4.78, 5) is 35.3. The zero-order valence-electron chi connectivity index (χ0n) is 10.3. The lowest BCUT2D eigenvalue weighted by Gasteiger charge is -2.31. The van der Waals surface area contributed by atoms with E-state index in [-0.39, 0.29) is 29.2 Å². The topological polar surface area (TPSA) is 86.7 Å². The normalized spacial score (nSPS) is 19.4. The number of aliphatic carboxylic acids is 1. The Morgan fingerprint density at radius 3 is 2.72 bits per heavy atom. The molecular weight excluding hydrogens is 256 g/mol. The highest BCUT2D eigenvalue weighted by atomic mass is 32.2. The van der Waals surface area contributed by atoms with Gasteiger partial charge in [0, 0.05) is 20.1 Å². The summed E-state index contributed by atoms with van der Waals surface area (Å²) in [6, 6.07) is 0. The van der Waals surface area contributed by atoms with Crippen LogP contribution in [0.2, 0.25) is 0 Å². The van der Waals surface area contributed by atoms with Gasteiger partial charge in [-0.1, -0.05) is 0 Å². The summed E-state index contributed by atoms with van der Waals surface area (Å²) in [5.74, 6) is -1.10. The first kappa shape index (κ1) is 14.8. The molecule has 1 heterocycles. The fraction of sp³-hybridized carbons (Fsp3) is 0.727. The predicted octanol–water partition coefficient (Wildman–Crippen LogP) is -0.211. The number of carboxylic acids is 1. The van der Waals surface area contributed by atoms with Crippen molar-refractivity contribution in [1.29, 1.82) is 0 Å². The fourth-order valence-corrected chi connectivity index (χ4v) is 2.57. The molecule has 0 aromatic heterocycles. The molecule has 0 aromatic carbocycles. The molecule has 1 unspecified atom stereocenters. The lowest BCUT2D eigenvalue weighted by atomic mass is 9.97. The largest absolute Gasteiger partial charge is 0.481 e. The van der Waals surface area contributed by atoms with E-state index >= 15 is 0 Å². The number of piperidine rings is 1. The minimum absolute atomic E-state index is 0.0364.